The van der Waals surface area contributed by atoms with Gasteiger partial charge in [0.05, 0.1) is 19.1 Å². The Hall–Kier alpha value is -1.41. The lowest BCUT2D eigenvalue weighted by Gasteiger charge is -2.06. The molecule has 0 N–H and O–H groups in total. The van der Waals surface area contributed by atoms with Gasteiger partial charge in [0.25, 0.3) is 0 Å². The van der Waals surface area contributed by atoms with Crippen molar-refractivity contribution in [3.8, 4) is 11.8 Å². The summed E-state index contributed by atoms with van der Waals surface area (Å²) in [6, 6.07) is 3.79. The number of aromatic nitrogens is 1. The monoisotopic (exact) mass is 280 g/mol. The molecule has 1 aliphatic carbocycles. The predicted octanol–water partition coefficient (Wildman–Crippen LogP) is 2.20. The number of hydrogen-bond donors (Lipinski definition) is 0. The predicted molar refractivity (Wildman–Crippen MR) is 60.0 cm³/mol. The maximum atomic E-state index is 12.0. The molecule has 82 valence electrons. The van der Waals surface area contributed by atoms with Crippen LogP contribution in [0, 0.1) is 23.2 Å². The highest BCUT2D eigenvalue weighted by Crippen LogP contribution is 2.41. The summed E-state index contributed by atoms with van der Waals surface area (Å²) in [5, 5.41) is 8.68. The standard InChI is InChI=1S/C11H9BrN2O2/c1-16-9-3-7(12)5-14-10(9)11(15)8-2-6(8)4-13/h3,5-6,8H,2H2,1H3. The van der Waals surface area contributed by atoms with Crippen molar-refractivity contribution >= 4 is 21.7 Å². The third kappa shape index (κ3) is 1.93. The summed E-state index contributed by atoms with van der Waals surface area (Å²) in [6.07, 6.45) is 2.19. The fourth-order valence-electron chi connectivity index (χ4n) is 1.56. The fraction of sp³-hybridized carbons (Fsp3) is 0.364. The third-order valence-electron chi connectivity index (χ3n) is 2.57. The van der Waals surface area contributed by atoms with Crippen molar-refractivity contribution in [1.82, 2.24) is 4.98 Å². The quantitative estimate of drug-likeness (QED) is 0.797. The van der Waals surface area contributed by atoms with Crippen molar-refractivity contribution in [3.63, 3.8) is 0 Å². The molecule has 1 aromatic rings. The van der Waals surface area contributed by atoms with E-state index >= 15 is 0 Å². The van der Waals surface area contributed by atoms with Gasteiger partial charge in [-0.15, -0.1) is 0 Å². The Balaban J connectivity index is 2.27. The van der Waals surface area contributed by atoms with Crippen molar-refractivity contribution in [2.45, 2.75) is 6.42 Å². The van der Waals surface area contributed by atoms with Crippen LogP contribution in [-0.2, 0) is 0 Å². The molecule has 0 bridgehead atoms. The highest BCUT2D eigenvalue weighted by molar-refractivity contribution is 9.10. The van der Waals surface area contributed by atoms with E-state index < -0.39 is 0 Å². The molecular formula is C11H9BrN2O2. The average molecular weight is 281 g/mol. The molecule has 0 spiro atoms. The Kier molecular flexibility index (Phi) is 2.92. The Labute approximate surface area is 101 Å². The number of methoxy groups -OCH3 is 1. The van der Waals surface area contributed by atoms with Gasteiger partial charge in [0.15, 0.2) is 5.78 Å². The minimum Gasteiger partial charge on any atom is -0.494 e. The molecule has 1 heterocycles. The van der Waals surface area contributed by atoms with Crippen LogP contribution in [0.5, 0.6) is 5.75 Å². The van der Waals surface area contributed by atoms with E-state index in [0.29, 0.717) is 17.9 Å². The average Bonchev–Trinajstić information content (AvgIpc) is 3.07. The van der Waals surface area contributed by atoms with E-state index in [1.807, 2.05) is 0 Å². The van der Waals surface area contributed by atoms with Gasteiger partial charge in [0.2, 0.25) is 0 Å². The fourth-order valence-corrected chi connectivity index (χ4v) is 1.87. The summed E-state index contributed by atoms with van der Waals surface area (Å²) < 4.78 is 5.86. The molecule has 0 saturated heterocycles. The molecule has 16 heavy (non-hydrogen) atoms. The molecular weight excluding hydrogens is 272 g/mol. The van der Waals surface area contributed by atoms with E-state index in [4.69, 9.17) is 10.00 Å². The largest absolute Gasteiger partial charge is 0.494 e. The number of carbonyl (C=O) groups is 1. The first-order valence-electron chi connectivity index (χ1n) is 4.80. The van der Waals surface area contributed by atoms with Crippen molar-refractivity contribution in [2.24, 2.45) is 11.8 Å². The summed E-state index contributed by atoms with van der Waals surface area (Å²) in [5.41, 5.74) is 0.313. The molecule has 1 aromatic heterocycles. The number of nitrogens with zero attached hydrogens (tertiary/aromatic N) is 2. The van der Waals surface area contributed by atoms with Gasteiger partial charge in [0.1, 0.15) is 11.4 Å². The van der Waals surface area contributed by atoms with Gasteiger partial charge in [-0.25, -0.2) is 4.98 Å². The molecule has 5 heteroatoms. The lowest BCUT2D eigenvalue weighted by Crippen LogP contribution is -2.08. The van der Waals surface area contributed by atoms with Crippen molar-refractivity contribution in [2.75, 3.05) is 7.11 Å². The molecule has 1 aliphatic rings. The van der Waals surface area contributed by atoms with Crippen LogP contribution in [-0.4, -0.2) is 17.9 Å². The molecule has 2 atom stereocenters. The van der Waals surface area contributed by atoms with Crippen LogP contribution in [0.15, 0.2) is 16.7 Å². The Bertz CT molecular complexity index is 481. The van der Waals surface area contributed by atoms with E-state index in [9.17, 15) is 4.79 Å². The third-order valence-corrected chi connectivity index (χ3v) is 3.00. The summed E-state index contributed by atoms with van der Waals surface area (Å²) in [5.74, 6) is -0.00547. The SMILES string of the molecule is COc1cc(Br)cnc1C(=O)C1CC1C#N. The smallest absolute Gasteiger partial charge is 0.189 e. The molecule has 4 nitrogen and oxygen atoms in total. The molecule has 0 amide bonds. The number of Topliss-reactive ketones (excluding diaryl/α,β-unsaturated/α-hetero) is 1. The Morgan fingerprint density at radius 1 is 1.75 bits per heavy atom. The number of rotatable bonds is 3. The minimum atomic E-state index is -0.201. The first-order valence-corrected chi connectivity index (χ1v) is 5.60. The number of carbonyl (C=O) groups excluding carboxylic acids is 1. The zero-order chi connectivity index (χ0) is 11.7. The molecule has 1 fully saturated rings. The Morgan fingerprint density at radius 2 is 2.50 bits per heavy atom. The summed E-state index contributed by atoms with van der Waals surface area (Å²) in [6.45, 7) is 0. The molecule has 2 unspecified atom stereocenters. The number of ether oxygens (including phenoxy) is 1. The number of halogens is 1. The van der Waals surface area contributed by atoms with Crippen LogP contribution in [0.3, 0.4) is 0 Å². The van der Waals surface area contributed by atoms with Gasteiger partial charge in [0, 0.05) is 16.6 Å². The minimum absolute atomic E-state index is 0.101. The van der Waals surface area contributed by atoms with Crippen molar-refractivity contribution in [3.05, 3.63) is 22.4 Å². The summed E-state index contributed by atoms with van der Waals surface area (Å²) in [7, 11) is 1.49. The van der Waals surface area contributed by atoms with E-state index in [1.165, 1.54) is 7.11 Å². The van der Waals surface area contributed by atoms with Crippen molar-refractivity contribution in [1.29, 1.82) is 5.26 Å². The zero-order valence-corrected chi connectivity index (χ0v) is 10.2. The lowest BCUT2D eigenvalue weighted by atomic mass is 10.1. The van der Waals surface area contributed by atoms with Crippen LogP contribution in [0.2, 0.25) is 0 Å². The van der Waals surface area contributed by atoms with E-state index in [1.54, 1.807) is 12.3 Å². The van der Waals surface area contributed by atoms with Crippen molar-refractivity contribution < 1.29 is 9.53 Å². The maximum absolute atomic E-state index is 12.0. The highest BCUT2D eigenvalue weighted by atomic mass is 79.9. The molecule has 0 aliphatic heterocycles. The highest BCUT2D eigenvalue weighted by Gasteiger charge is 2.44. The normalized spacial score (nSPS) is 22.3. The second-order valence-corrected chi connectivity index (χ2v) is 4.56. The van der Waals surface area contributed by atoms with Gasteiger partial charge in [-0.2, -0.15) is 5.26 Å². The van der Waals surface area contributed by atoms with Crippen LogP contribution in [0.1, 0.15) is 16.9 Å². The number of pyridine rings is 1. The number of nitriles is 1. The van der Waals surface area contributed by atoms with Gasteiger partial charge in [-0.1, -0.05) is 0 Å². The Morgan fingerprint density at radius 3 is 3.06 bits per heavy atom. The summed E-state index contributed by atoms with van der Waals surface area (Å²) >= 11 is 3.26. The molecule has 1 saturated carbocycles. The van der Waals surface area contributed by atoms with E-state index in [2.05, 4.69) is 27.0 Å². The number of hydrogen-bond acceptors (Lipinski definition) is 4. The van der Waals surface area contributed by atoms with Gasteiger partial charge in [-0.05, 0) is 28.4 Å². The number of ketones is 1. The molecule has 2 rings (SSSR count). The first kappa shape index (κ1) is 11.1. The van der Waals surface area contributed by atoms with Gasteiger partial charge >= 0.3 is 0 Å². The van der Waals surface area contributed by atoms with Gasteiger partial charge in [-0.3, -0.25) is 4.79 Å². The lowest BCUT2D eigenvalue weighted by molar-refractivity contribution is 0.0956. The van der Waals surface area contributed by atoms with E-state index in [0.717, 1.165) is 4.47 Å². The van der Waals surface area contributed by atoms with Crippen LogP contribution >= 0.6 is 15.9 Å². The van der Waals surface area contributed by atoms with Gasteiger partial charge < -0.3 is 4.74 Å². The van der Waals surface area contributed by atoms with Crippen LogP contribution in [0.25, 0.3) is 0 Å². The zero-order valence-electron chi connectivity index (χ0n) is 8.61. The first-order chi connectivity index (χ1) is 7.67. The second kappa shape index (κ2) is 4.22. The second-order valence-electron chi connectivity index (χ2n) is 3.65. The molecule has 0 radical (unpaired) electrons. The summed E-state index contributed by atoms with van der Waals surface area (Å²) in [4.78, 5) is 16.0. The topological polar surface area (TPSA) is 63.0 Å². The van der Waals surface area contributed by atoms with Crippen LogP contribution < -0.4 is 4.74 Å². The molecule has 0 aromatic carbocycles. The van der Waals surface area contributed by atoms with Crippen LogP contribution in [0.4, 0.5) is 0 Å². The van der Waals surface area contributed by atoms with E-state index in [-0.39, 0.29) is 17.6 Å². The maximum Gasteiger partial charge on any atom is 0.189 e.